The minimum absolute atomic E-state index is 0.0352. The molecule has 2 aromatic carbocycles. The van der Waals surface area contributed by atoms with E-state index in [4.69, 9.17) is 9.47 Å². The normalized spacial score (nSPS) is 22.3. The van der Waals surface area contributed by atoms with Gasteiger partial charge < -0.3 is 14.4 Å². The predicted molar refractivity (Wildman–Crippen MR) is 83.4 cm³/mol. The lowest BCUT2D eigenvalue weighted by Crippen LogP contribution is -2.48. The van der Waals surface area contributed by atoms with Crippen molar-refractivity contribution >= 4 is 11.6 Å². The fourth-order valence-electron chi connectivity index (χ4n) is 3.20. The van der Waals surface area contributed by atoms with Crippen LogP contribution < -0.4 is 14.4 Å². The summed E-state index contributed by atoms with van der Waals surface area (Å²) in [4.78, 5) is 14.7. The fraction of sp³-hybridized carbons (Fsp3) is 0.278. The van der Waals surface area contributed by atoms with Gasteiger partial charge in [0.05, 0.1) is 0 Å². The lowest BCUT2D eigenvalue weighted by molar-refractivity contribution is -0.127. The molecular formula is C18H17NO3. The van der Waals surface area contributed by atoms with Crippen LogP contribution >= 0.6 is 0 Å². The van der Waals surface area contributed by atoms with Crippen molar-refractivity contribution in [2.45, 2.75) is 25.5 Å². The third-order valence-corrected chi connectivity index (χ3v) is 4.23. The van der Waals surface area contributed by atoms with Gasteiger partial charge in [0, 0.05) is 11.7 Å². The molecule has 0 fully saturated rings. The van der Waals surface area contributed by atoms with Crippen LogP contribution in [0, 0.1) is 0 Å². The second-order valence-corrected chi connectivity index (χ2v) is 5.75. The predicted octanol–water partition coefficient (Wildman–Crippen LogP) is 2.80. The Balaban J connectivity index is 1.61. The van der Waals surface area contributed by atoms with Crippen LogP contribution in [0.2, 0.25) is 0 Å². The third-order valence-electron chi connectivity index (χ3n) is 4.23. The smallest absolute Gasteiger partial charge is 0.271 e. The highest BCUT2D eigenvalue weighted by Crippen LogP contribution is 2.35. The number of carbonyl (C=O) groups excluding carboxylic acids is 1. The number of carbonyl (C=O) groups is 1. The van der Waals surface area contributed by atoms with Crippen LogP contribution in [-0.2, 0) is 11.2 Å². The second-order valence-electron chi connectivity index (χ2n) is 5.75. The molecule has 2 aliphatic rings. The molecule has 0 unspecified atom stereocenters. The Morgan fingerprint density at radius 2 is 1.82 bits per heavy atom. The minimum atomic E-state index is -0.594. The van der Waals surface area contributed by atoms with Gasteiger partial charge >= 0.3 is 0 Å². The summed E-state index contributed by atoms with van der Waals surface area (Å²) < 4.78 is 11.5. The van der Waals surface area contributed by atoms with Crippen molar-refractivity contribution in [1.82, 2.24) is 0 Å². The van der Waals surface area contributed by atoms with E-state index in [9.17, 15) is 4.79 Å². The summed E-state index contributed by atoms with van der Waals surface area (Å²) in [5, 5.41) is 0. The summed E-state index contributed by atoms with van der Waals surface area (Å²) in [6, 6.07) is 15.6. The largest absolute Gasteiger partial charge is 0.485 e. The molecule has 4 rings (SSSR count). The van der Waals surface area contributed by atoms with Crippen LogP contribution in [0.5, 0.6) is 11.5 Å². The number of rotatable bonds is 1. The average Bonchev–Trinajstić information content (AvgIpc) is 2.89. The third kappa shape index (κ3) is 2.03. The van der Waals surface area contributed by atoms with Crippen LogP contribution in [0.15, 0.2) is 48.5 Å². The quantitative estimate of drug-likeness (QED) is 0.812. The molecule has 2 atom stereocenters. The van der Waals surface area contributed by atoms with Crippen molar-refractivity contribution in [1.29, 1.82) is 0 Å². The molecule has 4 heteroatoms. The fourth-order valence-corrected chi connectivity index (χ4v) is 3.20. The Morgan fingerprint density at radius 1 is 1.09 bits per heavy atom. The van der Waals surface area contributed by atoms with E-state index >= 15 is 0 Å². The van der Waals surface area contributed by atoms with Gasteiger partial charge in [-0.05, 0) is 37.1 Å². The summed E-state index contributed by atoms with van der Waals surface area (Å²) in [6.07, 6.45) is 0.287. The summed E-state index contributed by atoms with van der Waals surface area (Å²) in [6.45, 7) is 2.32. The first kappa shape index (κ1) is 13.2. The maximum absolute atomic E-state index is 12.9. The van der Waals surface area contributed by atoms with Crippen molar-refractivity contribution in [3.8, 4) is 11.5 Å². The van der Waals surface area contributed by atoms with Gasteiger partial charge in [0.1, 0.15) is 6.61 Å². The van der Waals surface area contributed by atoms with E-state index in [0.717, 1.165) is 12.1 Å². The minimum Gasteiger partial charge on any atom is -0.485 e. The molecule has 22 heavy (non-hydrogen) atoms. The van der Waals surface area contributed by atoms with Gasteiger partial charge in [0.25, 0.3) is 5.91 Å². The molecule has 4 nitrogen and oxygen atoms in total. The molecule has 0 saturated carbocycles. The van der Waals surface area contributed by atoms with Crippen LogP contribution in [0.1, 0.15) is 12.5 Å². The number of para-hydroxylation sites is 3. The zero-order valence-electron chi connectivity index (χ0n) is 12.4. The van der Waals surface area contributed by atoms with Gasteiger partial charge in [-0.3, -0.25) is 4.79 Å². The molecule has 0 saturated heterocycles. The molecule has 0 aromatic heterocycles. The molecule has 0 aliphatic carbocycles. The first-order chi connectivity index (χ1) is 10.7. The van der Waals surface area contributed by atoms with E-state index in [1.165, 1.54) is 5.56 Å². The lowest BCUT2D eigenvalue weighted by atomic mass is 10.1. The Hall–Kier alpha value is -2.49. The number of nitrogens with zero attached hydrogens (tertiary/aromatic N) is 1. The topological polar surface area (TPSA) is 38.8 Å². The van der Waals surface area contributed by atoms with Crippen molar-refractivity contribution in [3.05, 3.63) is 54.1 Å². The maximum Gasteiger partial charge on any atom is 0.271 e. The first-order valence-corrected chi connectivity index (χ1v) is 7.53. The van der Waals surface area contributed by atoms with E-state index in [1.54, 1.807) is 0 Å². The Morgan fingerprint density at radius 3 is 2.68 bits per heavy atom. The van der Waals surface area contributed by atoms with Gasteiger partial charge in [-0.2, -0.15) is 0 Å². The number of benzene rings is 2. The van der Waals surface area contributed by atoms with Crippen molar-refractivity contribution in [2.75, 3.05) is 11.5 Å². The number of hydrogen-bond donors (Lipinski definition) is 0. The number of hydrogen-bond acceptors (Lipinski definition) is 3. The lowest BCUT2D eigenvalue weighted by Gasteiger charge is -2.31. The van der Waals surface area contributed by atoms with Crippen LogP contribution in [0.25, 0.3) is 0 Å². The zero-order chi connectivity index (χ0) is 15.1. The number of fused-ring (bicyclic) bond motifs is 2. The molecule has 1 amide bonds. The highest BCUT2D eigenvalue weighted by molar-refractivity contribution is 5.99. The maximum atomic E-state index is 12.9. The molecule has 0 radical (unpaired) electrons. The number of anilines is 1. The molecule has 0 N–H and O–H groups in total. The van der Waals surface area contributed by atoms with Crippen molar-refractivity contribution in [2.24, 2.45) is 0 Å². The monoisotopic (exact) mass is 295 g/mol. The van der Waals surface area contributed by atoms with E-state index in [1.807, 2.05) is 47.4 Å². The molecule has 2 aromatic rings. The Bertz CT molecular complexity index is 728. The van der Waals surface area contributed by atoms with Crippen molar-refractivity contribution in [3.63, 3.8) is 0 Å². The SMILES string of the molecule is C[C@H]1Cc2ccccc2N1C(=O)[C@H]1COc2ccccc2O1. The molecule has 2 aliphatic heterocycles. The van der Waals surface area contributed by atoms with Gasteiger partial charge in [-0.1, -0.05) is 30.3 Å². The standard InChI is InChI=1S/C18H17NO3/c1-12-10-13-6-2-3-7-14(13)19(12)18(20)17-11-21-15-8-4-5-9-16(15)22-17/h2-9,12,17H,10-11H2,1H3/t12-,17+/m0/s1. The molecular weight excluding hydrogens is 278 g/mol. The van der Waals surface area contributed by atoms with Crippen LogP contribution in [-0.4, -0.2) is 24.7 Å². The second kappa shape index (κ2) is 5.05. The summed E-state index contributed by atoms with van der Waals surface area (Å²) in [7, 11) is 0. The summed E-state index contributed by atoms with van der Waals surface area (Å²) in [5.74, 6) is 1.29. The van der Waals surface area contributed by atoms with E-state index < -0.39 is 6.10 Å². The highest BCUT2D eigenvalue weighted by atomic mass is 16.6. The van der Waals surface area contributed by atoms with E-state index in [2.05, 4.69) is 13.0 Å². The van der Waals surface area contributed by atoms with E-state index in [0.29, 0.717) is 11.5 Å². The molecule has 0 spiro atoms. The van der Waals surface area contributed by atoms with Crippen molar-refractivity contribution < 1.29 is 14.3 Å². The zero-order valence-corrected chi connectivity index (χ0v) is 12.4. The average molecular weight is 295 g/mol. The molecule has 2 heterocycles. The summed E-state index contributed by atoms with van der Waals surface area (Å²) >= 11 is 0. The number of amides is 1. The molecule has 112 valence electrons. The summed E-state index contributed by atoms with van der Waals surface area (Å²) in [5.41, 5.74) is 2.20. The highest BCUT2D eigenvalue weighted by Gasteiger charge is 2.37. The Labute approximate surface area is 129 Å². The van der Waals surface area contributed by atoms with Gasteiger partial charge in [0.15, 0.2) is 11.5 Å². The van der Waals surface area contributed by atoms with Gasteiger partial charge in [-0.25, -0.2) is 0 Å². The van der Waals surface area contributed by atoms with Gasteiger partial charge in [0.2, 0.25) is 6.10 Å². The van der Waals surface area contributed by atoms with Crippen LogP contribution in [0.4, 0.5) is 5.69 Å². The van der Waals surface area contributed by atoms with E-state index in [-0.39, 0.29) is 18.6 Å². The molecule has 0 bridgehead atoms. The Kier molecular flexibility index (Phi) is 3.03. The van der Waals surface area contributed by atoms with Crippen LogP contribution in [0.3, 0.4) is 0 Å². The number of ether oxygens (including phenoxy) is 2. The first-order valence-electron chi connectivity index (χ1n) is 7.53. The van der Waals surface area contributed by atoms with Gasteiger partial charge in [-0.15, -0.1) is 0 Å².